The number of hydrogen-bond acceptors (Lipinski definition) is 2. The molecule has 0 spiro atoms. The predicted octanol–water partition coefficient (Wildman–Crippen LogP) is 1.84. The van der Waals surface area contributed by atoms with Crippen LogP contribution in [0.4, 0.5) is 0 Å². The summed E-state index contributed by atoms with van der Waals surface area (Å²) in [7, 11) is 0. The number of ether oxygens (including phenoxy) is 1. The molecule has 2 nitrogen and oxygen atoms in total. The highest BCUT2D eigenvalue weighted by molar-refractivity contribution is 5.60. The van der Waals surface area contributed by atoms with Crippen LogP contribution in [0.2, 0.25) is 0 Å². The molecule has 1 aromatic heterocycles. The Morgan fingerprint density at radius 1 is 1.27 bits per heavy atom. The number of hydrogen-bond donors (Lipinski definition) is 0. The minimum absolute atomic E-state index is 0.817. The lowest BCUT2D eigenvalue weighted by molar-refractivity contribution is 0.307. The Morgan fingerprint density at radius 2 is 2.09 bits per heavy atom. The van der Waals surface area contributed by atoms with Gasteiger partial charge in [-0.25, -0.2) is 0 Å². The van der Waals surface area contributed by atoms with E-state index in [1.807, 2.05) is 12.1 Å². The molecule has 2 rings (SSSR count). The molecule has 0 amide bonds. The monoisotopic (exact) mass is 147 g/mol. The van der Waals surface area contributed by atoms with Crippen molar-refractivity contribution in [2.24, 2.45) is 0 Å². The van der Waals surface area contributed by atoms with E-state index in [0.29, 0.717) is 0 Å². The molecule has 0 unspecified atom stereocenters. The van der Waals surface area contributed by atoms with Gasteiger partial charge >= 0.3 is 0 Å². The van der Waals surface area contributed by atoms with E-state index in [4.69, 9.17) is 4.74 Å². The summed E-state index contributed by atoms with van der Waals surface area (Å²) >= 11 is 0. The highest BCUT2D eigenvalue weighted by Gasteiger charge is 2.06. The normalized spacial score (nSPS) is 15.8. The lowest BCUT2D eigenvalue weighted by Gasteiger charge is -2.01. The molecule has 0 bridgehead atoms. The zero-order valence-corrected chi connectivity index (χ0v) is 6.16. The van der Waals surface area contributed by atoms with E-state index in [1.165, 1.54) is 0 Å². The van der Waals surface area contributed by atoms with Gasteiger partial charge in [0.15, 0.2) is 0 Å². The molecule has 2 heterocycles. The maximum absolute atomic E-state index is 5.37. The van der Waals surface area contributed by atoms with Crippen LogP contribution < -0.4 is 0 Å². The Hall–Kier alpha value is -1.31. The summed E-state index contributed by atoms with van der Waals surface area (Å²) in [5.41, 5.74) is 1.12. The molecule has 56 valence electrons. The van der Waals surface area contributed by atoms with E-state index in [0.717, 1.165) is 24.4 Å². The fourth-order valence-corrected chi connectivity index (χ4v) is 1.14. The van der Waals surface area contributed by atoms with Gasteiger partial charge in [0.1, 0.15) is 5.76 Å². The van der Waals surface area contributed by atoms with Gasteiger partial charge in [-0.3, -0.25) is 4.98 Å². The van der Waals surface area contributed by atoms with E-state index < -0.39 is 0 Å². The van der Waals surface area contributed by atoms with Gasteiger partial charge in [0.25, 0.3) is 0 Å². The van der Waals surface area contributed by atoms with E-state index in [9.17, 15) is 0 Å². The Morgan fingerprint density at radius 3 is 2.73 bits per heavy atom. The number of nitrogens with zero attached hydrogens (tertiary/aromatic N) is 1. The number of pyridine rings is 1. The SMILES string of the molecule is C1=C(c2ccncc2)OCC1. The number of rotatable bonds is 1. The molecule has 0 atom stereocenters. The molecule has 11 heavy (non-hydrogen) atoms. The fourth-order valence-electron chi connectivity index (χ4n) is 1.14. The first-order valence-electron chi connectivity index (χ1n) is 3.70. The van der Waals surface area contributed by atoms with Crippen LogP contribution in [0.5, 0.6) is 0 Å². The summed E-state index contributed by atoms with van der Waals surface area (Å²) in [4.78, 5) is 3.93. The number of aromatic nitrogens is 1. The van der Waals surface area contributed by atoms with Gasteiger partial charge in [-0.05, 0) is 18.2 Å². The molecule has 0 fully saturated rings. The van der Waals surface area contributed by atoms with Crippen molar-refractivity contribution in [2.75, 3.05) is 6.61 Å². The lowest BCUT2D eigenvalue weighted by Crippen LogP contribution is -1.85. The third-order valence-corrected chi connectivity index (χ3v) is 1.67. The second-order valence-corrected chi connectivity index (χ2v) is 2.44. The molecule has 1 aliphatic heterocycles. The van der Waals surface area contributed by atoms with Crippen molar-refractivity contribution in [3.8, 4) is 0 Å². The molecule has 2 heteroatoms. The third kappa shape index (κ3) is 1.24. The van der Waals surface area contributed by atoms with Gasteiger partial charge in [0, 0.05) is 24.4 Å². The largest absolute Gasteiger partial charge is 0.493 e. The van der Waals surface area contributed by atoms with E-state index in [1.54, 1.807) is 12.4 Å². The van der Waals surface area contributed by atoms with Crippen molar-refractivity contribution in [3.63, 3.8) is 0 Å². The Labute approximate surface area is 65.5 Å². The average molecular weight is 147 g/mol. The van der Waals surface area contributed by atoms with Crippen LogP contribution >= 0.6 is 0 Å². The maximum Gasteiger partial charge on any atom is 0.122 e. The first-order valence-corrected chi connectivity index (χ1v) is 3.70. The summed E-state index contributed by atoms with van der Waals surface area (Å²) in [6.07, 6.45) is 6.68. The quantitative estimate of drug-likeness (QED) is 0.604. The van der Waals surface area contributed by atoms with Crippen molar-refractivity contribution >= 4 is 5.76 Å². The highest BCUT2D eigenvalue weighted by Crippen LogP contribution is 2.20. The summed E-state index contributed by atoms with van der Waals surface area (Å²) in [6, 6.07) is 3.91. The third-order valence-electron chi connectivity index (χ3n) is 1.67. The molecule has 0 saturated heterocycles. The average Bonchev–Trinajstić information content (AvgIpc) is 2.58. The van der Waals surface area contributed by atoms with Crippen LogP contribution in [0.1, 0.15) is 12.0 Å². The summed E-state index contributed by atoms with van der Waals surface area (Å²) in [5, 5.41) is 0. The minimum atomic E-state index is 0.817. The predicted molar refractivity (Wildman–Crippen MR) is 42.8 cm³/mol. The van der Waals surface area contributed by atoms with Gasteiger partial charge in [0.05, 0.1) is 6.61 Å². The molecule has 1 aliphatic rings. The topological polar surface area (TPSA) is 22.1 Å². The van der Waals surface area contributed by atoms with Crippen LogP contribution in [-0.2, 0) is 4.74 Å². The van der Waals surface area contributed by atoms with E-state index in [-0.39, 0.29) is 0 Å². The Balaban J connectivity index is 2.29. The Kier molecular flexibility index (Phi) is 1.60. The summed E-state index contributed by atoms with van der Waals surface area (Å²) in [5.74, 6) is 0.993. The van der Waals surface area contributed by atoms with Crippen LogP contribution in [0.25, 0.3) is 5.76 Å². The van der Waals surface area contributed by atoms with E-state index >= 15 is 0 Å². The van der Waals surface area contributed by atoms with Gasteiger partial charge < -0.3 is 4.74 Å². The van der Waals surface area contributed by atoms with Gasteiger partial charge in [-0.1, -0.05) is 0 Å². The molecule has 0 aliphatic carbocycles. The van der Waals surface area contributed by atoms with Crippen molar-refractivity contribution in [1.82, 2.24) is 4.98 Å². The summed E-state index contributed by atoms with van der Waals surface area (Å²) < 4.78 is 5.37. The van der Waals surface area contributed by atoms with E-state index in [2.05, 4.69) is 11.1 Å². The molecular weight excluding hydrogens is 138 g/mol. The molecule has 0 N–H and O–H groups in total. The molecule has 0 radical (unpaired) electrons. The smallest absolute Gasteiger partial charge is 0.122 e. The second kappa shape index (κ2) is 2.74. The molecule has 0 saturated carbocycles. The molecule has 0 aromatic carbocycles. The minimum Gasteiger partial charge on any atom is -0.493 e. The zero-order valence-electron chi connectivity index (χ0n) is 6.16. The first-order chi connectivity index (χ1) is 5.47. The van der Waals surface area contributed by atoms with Crippen LogP contribution in [0.15, 0.2) is 30.6 Å². The fraction of sp³-hybridized carbons (Fsp3) is 0.222. The Bertz CT molecular complexity index is 266. The van der Waals surface area contributed by atoms with Crippen LogP contribution in [-0.4, -0.2) is 11.6 Å². The molecule has 1 aromatic rings. The maximum atomic E-state index is 5.37. The highest BCUT2D eigenvalue weighted by atomic mass is 16.5. The standard InChI is InChI=1S/C9H9NO/c1-2-9(11-7-1)8-3-5-10-6-4-8/h2-6H,1,7H2. The van der Waals surface area contributed by atoms with Gasteiger partial charge in [-0.15, -0.1) is 0 Å². The second-order valence-electron chi connectivity index (χ2n) is 2.44. The van der Waals surface area contributed by atoms with Crippen LogP contribution in [0, 0.1) is 0 Å². The van der Waals surface area contributed by atoms with Crippen molar-refractivity contribution in [2.45, 2.75) is 6.42 Å². The van der Waals surface area contributed by atoms with Crippen molar-refractivity contribution in [3.05, 3.63) is 36.2 Å². The van der Waals surface area contributed by atoms with Crippen molar-refractivity contribution < 1.29 is 4.74 Å². The van der Waals surface area contributed by atoms with Gasteiger partial charge in [0.2, 0.25) is 0 Å². The van der Waals surface area contributed by atoms with Gasteiger partial charge in [-0.2, -0.15) is 0 Å². The zero-order chi connectivity index (χ0) is 7.52. The van der Waals surface area contributed by atoms with Crippen molar-refractivity contribution in [1.29, 1.82) is 0 Å². The first kappa shape index (κ1) is 6.40. The molecular formula is C9H9NO. The van der Waals surface area contributed by atoms with Crippen LogP contribution in [0.3, 0.4) is 0 Å². The summed E-state index contributed by atoms with van der Waals surface area (Å²) in [6.45, 7) is 0.817. The lowest BCUT2D eigenvalue weighted by atomic mass is 10.2.